The molecule has 1 aromatic rings. The number of esters is 2. The van der Waals surface area contributed by atoms with Gasteiger partial charge in [-0.25, -0.2) is 9.59 Å². The first-order valence-electron chi connectivity index (χ1n) is 6.84. The maximum atomic E-state index is 11.6. The molecule has 1 atom stereocenters. The number of ether oxygens (including phenoxy) is 2. The number of carbonyl (C=O) groups is 3. The minimum absolute atomic E-state index is 0.0487. The Morgan fingerprint density at radius 3 is 2.48 bits per heavy atom. The van der Waals surface area contributed by atoms with Crippen molar-refractivity contribution in [1.82, 2.24) is 5.32 Å². The molecule has 6 heteroatoms. The molecule has 0 aromatic heterocycles. The van der Waals surface area contributed by atoms with E-state index in [0.717, 1.165) is 12.0 Å². The fraction of sp³-hybridized carbons (Fsp3) is 0.400. The van der Waals surface area contributed by atoms with Crippen molar-refractivity contribution >= 4 is 18.0 Å². The van der Waals surface area contributed by atoms with Crippen LogP contribution in [0, 0.1) is 0 Å². The predicted molar refractivity (Wildman–Crippen MR) is 73.3 cm³/mol. The van der Waals surface area contributed by atoms with E-state index < -0.39 is 24.1 Å². The average Bonchev–Trinajstić information content (AvgIpc) is 2.81. The highest BCUT2D eigenvalue weighted by molar-refractivity contribution is 5.95. The molecule has 1 N–H and O–H groups in total. The molecule has 1 unspecified atom stereocenters. The molecule has 1 aliphatic rings. The molecule has 112 valence electrons. The van der Waals surface area contributed by atoms with Crippen LogP contribution in [0.5, 0.6) is 0 Å². The number of hydrogen-bond acceptors (Lipinski definition) is 5. The van der Waals surface area contributed by atoms with Crippen LogP contribution in [0.25, 0.3) is 0 Å². The van der Waals surface area contributed by atoms with E-state index in [2.05, 4.69) is 17.0 Å². The highest BCUT2D eigenvalue weighted by Gasteiger charge is 2.32. The minimum Gasteiger partial charge on any atom is -0.461 e. The Kier molecular flexibility index (Phi) is 4.92. The van der Waals surface area contributed by atoms with Crippen LogP contribution >= 0.6 is 0 Å². The highest BCUT2D eigenvalue weighted by Crippen LogP contribution is 2.10. The average molecular weight is 291 g/mol. The molecule has 0 saturated carbocycles. The summed E-state index contributed by atoms with van der Waals surface area (Å²) in [5.41, 5.74) is 2.13. The van der Waals surface area contributed by atoms with Crippen molar-refractivity contribution in [3.63, 3.8) is 0 Å². The SMILES string of the molecule is CCc1ccc(COC(=O)CCC2NC(=O)OC2=O)cc1. The van der Waals surface area contributed by atoms with E-state index >= 15 is 0 Å². The van der Waals surface area contributed by atoms with E-state index in [0.29, 0.717) is 0 Å². The van der Waals surface area contributed by atoms with Gasteiger partial charge >= 0.3 is 18.0 Å². The molecule has 1 aliphatic heterocycles. The smallest absolute Gasteiger partial charge is 0.415 e. The Hall–Kier alpha value is -2.37. The lowest BCUT2D eigenvalue weighted by atomic mass is 10.1. The summed E-state index contributed by atoms with van der Waals surface area (Å²) in [7, 11) is 0. The minimum atomic E-state index is -0.769. The second-order valence-electron chi connectivity index (χ2n) is 4.77. The largest absolute Gasteiger partial charge is 0.461 e. The van der Waals surface area contributed by atoms with Gasteiger partial charge in [-0.3, -0.25) is 4.79 Å². The van der Waals surface area contributed by atoms with E-state index in [4.69, 9.17) is 4.74 Å². The summed E-state index contributed by atoms with van der Waals surface area (Å²) < 4.78 is 9.44. The first-order valence-corrected chi connectivity index (χ1v) is 6.84. The van der Waals surface area contributed by atoms with Crippen LogP contribution in [0.15, 0.2) is 24.3 Å². The third-order valence-corrected chi connectivity index (χ3v) is 3.24. The molecular formula is C15H17NO5. The zero-order valence-electron chi connectivity index (χ0n) is 11.8. The first-order chi connectivity index (χ1) is 10.1. The molecule has 1 saturated heterocycles. The second kappa shape index (κ2) is 6.88. The van der Waals surface area contributed by atoms with Crippen molar-refractivity contribution in [2.45, 2.75) is 38.8 Å². The van der Waals surface area contributed by atoms with Crippen LogP contribution in [0.2, 0.25) is 0 Å². The number of aryl methyl sites for hydroxylation is 1. The van der Waals surface area contributed by atoms with Gasteiger partial charge in [-0.2, -0.15) is 0 Å². The Balaban J connectivity index is 1.72. The van der Waals surface area contributed by atoms with Crippen molar-refractivity contribution in [1.29, 1.82) is 0 Å². The van der Waals surface area contributed by atoms with Gasteiger partial charge in [-0.15, -0.1) is 0 Å². The summed E-state index contributed by atoms with van der Waals surface area (Å²) in [6.45, 7) is 2.27. The third-order valence-electron chi connectivity index (χ3n) is 3.24. The zero-order chi connectivity index (χ0) is 15.2. The Labute approximate surface area is 122 Å². The Morgan fingerprint density at radius 1 is 1.24 bits per heavy atom. The molecule has 1 fully saturated rings. The normalized spacial score (nSPS) is 17.3. The summed E-state index contributed by atoms with van der Waals surface area (Å²) in [5, 5.41) is 2.33. The van der Waals surface area contributed by atoms with Gasteiger partial charge in [0, 0.05) is 6.42 Å². The van der Waals surface area contributed by atoms with Gasteiger partial charge in [0.15, 0.2) is 0 Å². The van der Waals surface area contributed by atoms with Crippen LogP contribution in [0.4, 0.5) is 4.79 Å². The number of nitrogens with one attached hydrogen (secondary N) is 1. The number of cyclic esters (lactones) is 2. The van der Waals surface area contributed by atoms with Crippen molar-refractivity contribution in [2.24, 2.45) is 0 Å². The number of rotatable bonds is 6. The first kappa shape index (κ1) is 15.0. The lowest BCUT2D eigenvalue weighted by Gasteiger charge is -2.07. The van der Waals surface area contributed by atoms with Gasteiger partial charge in [-0.1, -0.05) is 31.2 Å². The van der Waals surface area contributed by atoms with E-state index in [1.54, 1.807) is 0 Å². The van der Waals surface area contributed by atoms with Crippen molar-refractivity contribution in [2.75, 3.05) is 0 Å². The molecule has 0 radical (unpaired) electrons. The third kappa shape index (κ3) is 4.30. The van der Waals surface area contributed by atoms with Crippen molar-refractivity contribution < 1.29 is 23.9 Å². The Morgan fingerprint density at radius 2 is 1.90 bits per heavy atom. The van der Waals surface area contributed by atoms with Gasteiger partial charge in [0.25, 0.3) is 0 Å². The molecule has 0 bridgehead atoms. The maximum absolute atomic E-state index is 11.6. The molecule has 21 heavy (non-hydrogen) atoms. The molecule has 1 amide bonds. The molecule has 0 spiro atoms. The summed E-state index contributed by atoms with van der Waals surface area (Å²) in [6, 6.07) is 7.07. The van der Waals surface area contributed by atoms with Crippen LogP contribution in [0.1, 0.15) is 30.9 Å². The quantitative estimate of drug-likeness (QED) is 0.637. The van der Waals surface area contributed by atoms with Crippen molar-refractivity contribution in [3.05, 3.63) is 35.4 Å². The van der Waals surface area contributed by atoms with Gasteiger partial charge in [0.05, 0.1) is 0 Å². The van der Waals surface area contributed by atoms with Gasteiger partial charge in [0.2, 0.25) is 0 Å². The predicted octanol–water partition coefficient (Wildman–Crippen LogP) is 1.71. The fourth-order valence-electron chi connectivity index (χ4n) is 1.95. The highest BCUT2D eigenvalue weighted by atomic mass is 16.6. The van der Waals surface area contributed by atoms with E-state index in [9.17, 15) is 14.4 Å². The number of alkyl carbamates (subject to hydrolysis) is 1. The number of benzene rings is 1. The molecule has 1 aromatic carbocycles. The Bertz CT molecular complexity index is 537. The van der Waals surface area contributed by atoms with Crippen molar-refractivity contribution in [3.8, 4) is 0 Å². The number of amides is 1. The number of carbonyl (C=O) groups excluding carboxylic acids is 3. The lowest BCUT2D eigenvalue weighted by molar-refractivity contribution is -0.145. The molecular weight excluding hydrogens is 274 g/mol. The summed E-state index contributed by atoms with van der Waals surface area (Å²) in [4.78, 5) is 33.6. The van der Waals surface area contributed by atoms with Gasteiger partial charge in [-0.05, 0) is 24.0 Å². The maximum Gasteiger partial charge on any atom is 0.415 e. The lowest BCUT2D eigenvalue weighted by Crippen LogP contribution is -2.29. The fourth-order valence-corrected chi connectivity index (χ4v) is 1.95. The summed E-state index contributed by atoms with van der Waals surface area (Å²) >= 11 is 0. The van der Waals surface area contributed by atoms with Crippen LogP contribution in [-0.4, -0.2) is 24.1 Å². The standard InChI is InChI=1S/C15H17NO5/c1-2-10-3-5-11(6-4-10)9-20-13(17)8-7-12-14(18)21-15(19)16-12/h3-6,12H,2,7-9H2,1H3,(H,16,19). The molecule has 0 aliphatic carbocycles. The van der Waals surface area contributed by atoms with Gasteiger partial charge < -0.3 is 14.8 Å². The summed E-state index contributed by atoms with van der Waals surface area (Å²) in [6.07, 6.45) is 0.420. The molecule has 1 heterocycles. The second-order valence-corrected chi connectivity index (χ2v) is 4.77. The topological polar surface area (TPSA) is 81.7 Å². The van der Waals surface area contributed by atoms with E-state index in [1.165, 1.54) is 5.56 Å². The van der Waals surface area contributed by atoms with Crippen LogP contribution < -0.4 is 5.32 Å². The number of hydrogen-bond donors (Lipinski definition) is 1. The zero-order valence-corrected chi connectivity index (χ0v) is 11.8. The summed E-state index contributed by atoms with van der Waals surface area (Å²) in [5.74, 6) is -1.06. The van der Waals surface area contributed by atoms with Gasteiger partial charge in [0.1, 0.15) is 12.6 Å². The molecule has 6 nitrogen and oxygen atoms in total. The van der Waals surface area contributed by atoms with E-state index in [-0.39, 0.29) is 19.4 Å². The molecule has 2 rings (SSSR count). The monoisotopic (exact) mass is 291 g/mol. The van der Waals surface area contributed by atoms with Crippen LogP contribution in [0.3, 0.4) is 0 Å². The van der Waals surface area contributed by atoms with Crippen LogP contribution in [-0.2, 0) is 32.1 Å². The van der Waals surface area contributed by atoms with E-state index in [1.807, 2.05) is 24.3 Å².